The zero-order valence-corrected chi connectivity index (χ0v) is 12.5. The Hall–Kier alpha value is -0.560. The molecule has 0 saturated heterocycles. The summed E-state index contributed by atoms with van der Waals surface area (Å²) in [5.41, 5.74) is -0.131. The summed E-state index contributed by atoms with van der Waals surface area (Å²) >= 11 is 1.62. The highest BCUT2D eigenvalue weighted by Crippen LogP contribution is 2.15. The second kappa shape index (κ2) is 7.78. The van der Waals surface area contributed by atoms with Crippen LogP contribution in [-0.4, -0.2) is 42.6 Å². The number of rotatable bonds is 8. The molecule has 0 amide bonds. The lowest BCUT2D eigenvalue weighted by Gasteiger charge is -2.17. The average molecular weight is 273 g/mol. The smallest absolute Gasteiger partial charge is 0.143 e. The Morgan fingerprint density at radius 2 is 1.89 bits per heavy atom. The molecule has 104 valence electrons. The molecule has 0 aromatic carbocycles. The minimum absolute atomic E-state index is 0.131. The van der Waals surface area contributed by atoms with Crippen molar-refractivity contribution in [2.45, 2.75) is 39.4 Å². The largest absolute Gasteiger partial charge is 0.383 e. The van der Waals surface area contributed by atoms with E-state index < -0.39 is 0 Å². The van der Waals surface area contributed by atoms with Gasteiger partial charge in [-0.25, -0.2) is 0 Å². The lowest BCUT2D eigenvalue weighted by molar-refractivity contribution is -0.0152. The van der Waals surface area contributed by atoms with Gasteiger partial charge in [-0.05, 0) is 20.8 Å². The standard InChI is InChI=1S/C12H23N3O2S/c1-12(2,3)17-9-11-15-14-10(18-11)5-6-13-7-8-16-4/h13H,5-9H2,1-4H3. The molecule has 1 heterocycles. The Morgan fingerprint density at radius 3 is 2.56 bits per heavy atom. The van der Waals surface area contributed by atoms with Crippen molar-refractivity contribution >= 4 is 11.3 Å². The van der Waals surface area contributed by atoms with Crippen LogP contribution in [0.15, 0.2) is 0 Å². The molecular weight excluding hydrogens is 250 g/mol. The van der Waals surface area contributed by atoms with E-state index in [0.717, 1.165) is 36.1 Å². The van der Waals surface area contributed by atoms with Crippen molar-refractivity contribution in [2.24, 2.45) is 0 Å². The van der Waals surface area contributed by atoms with Gasteiger partial charge in [0.05, 0.1) is 12.2 Å². The van der Waals surface area contributed by atoms with Crippen molar-refractivity contribution in [3.63, 3.8) is 0 Å². The van der Waals surface area contributed by atoms with E-state index in [1.54, 1.807) is 18.4 Å². The molecule has 18 heavy (non-hydrogen) atoms. The second-order valence-corrected chi connectivity index (χ2v) is 6.13. The molecule has 1 aromatic rings. The quantitative estimate of drug-likeness (QED) is 0.730. The van der Waals surface area contributed by atoms with E-state index in [9.17, 15) is 0 Å². The molecule has 0 atom stereocenters. The van der Waals surface area contributed by atoms with Crippen LogP contribution in [0.1, 0.15) is 30.8 Å². The lowest BCUT2D eigenvalue weighted by Crippen LogP contribution is -2.21. The zero-order chi connectivity index (χ0) is 13.4. The third-order valence-corrected chi connectivity index (χ3v) is 3.09. The fourth-order valence-corrected chi connectivity index (χ4v) is 1.98. The van der Waals surface area contributed by atoms with E-state index in [4.69, 9.17) is 9.47 Å². The summed E-state index contributed by atoms with van der Waals surface area (Å²) in [6.45, 7) is 9.16. The maximum absolute atomic E-state index is 5.66. The van der Waals surface area contributed by atoms with Crippen LogP contribution in [0.5, 0.6) is 0 Å². The Labute approximate surface area is 113 Å². The molecule has 6 heteroatoms. The van der Waals surface area contributed by atoms with Gasteiger partial charge in [-0.3, -0.25) is 0 Å². The number of nitrogens with one attached hydrogen (secondary N) is 1. The average Bonchev–Trinajstić information content (AvgIpc) is 2.73. The summed E-state index contributed by atoms with van der Waals surface area (Å²) in [5.74, 6) is 0. The topological polar surface area (TPSA) is 56.3 Å². The first kappa shape index (κ1) is 15.5. The van der Waals surface area contributed by atoms with E-state index in [-0.39, 0.29) is 5.60 Å². The highest BCUT2D eigenvalue weighted by Gasteiger charge is 2.12. The summed E-state index contributed by atoms with van der Waals surface area (Å²) in [6.07, 6.45) is 0.900. The van der Waals surface area contributed by atoms with Gasteiger partial charge in [0.15, 0.2) is 0 Å². The molecule has 0 aliphatic carbocycles. The summed E-state index contributed by atoms with van der Waals surface area (Å²) in [4.78, 5) is 0. The fourth-order valence-electron chi connectivity index (χ4n) is 1.22. The van der Waals surface area contributed by atoms with Gasteiger partial charge >= 0.3 is 0 Å². The summed E-state index contributed by atoms with van der Waals surface area (Å²) in [6, 6.07) is 0. The van der Waals surface area contributed by atoms with Crippen molar-refractivity contribution in [3.05, 3.63) is 10.0 Å². The van der Waals surface area contributed by atoms with Gasteiger partial charge < -0.3 is 14.8 Å². The van der Waals surface area contributed by atoms with Crippen LogP contribution < -0.4 is 5.32 Å². The van der Waals surface area contributed by atoms with Crippen molar-refractivity contribution in [1.29, 1.82) is 0 Å². The molecule has 0 radical (unpaired) electrons. The maximum atomic E-state index is 5.66. The first-order valence-corrected chi connectivity index (χ1v) is 6.98. The van der Waals surface area contributed by atoms with Gasteiger partial charge in [0.1, 0.15) is 16.6 Å². The van der Waals surface area contributed by atoms with Crippen LogP contribution in [0.3, 0.4) is 0 Å². The van der Waals surface area contributed by atoms with E-state index in [2.05, 4.69) is 15.5 Å². The van der Waals surface area contributed by atoms with Gasteiger partial charge in [0, 0.05) is 26.6 Å². The Morgan fingerprint density at radius 1 is 1.17 bits per heavy atom. The SMILES string of the molecule is COCCNCCc1nnc(COC(C)(C)C)s1. The third-order valence-electron chi connectivity index (χ3n) is 2.14. The van der Waals surface area contributed by atoms with Crippen LogP contribution in [-0.2, 0) is 22.5 Å². The molecule has 0 spiro atoms. The van der Waals surface area contributed by atoms with E-state index in [1.807, 2.05) is 20.8 Å². The fraction of sp³-hybridized carbons (Fsp3) is 0.833. The molecule has 5 nitrogen and oxygen atoms in total. The molecule has 1 aromatic heterocycles. The first-order valence-electron chi connectivity index (χ1n) is 6.16. The number of aromatic nitrogens is 2. The van der Waals surface area contributed by atoms with Crippen molar-refractivity contribution < 1.29 is 9.47 Å². The number of hydrogen-bond acceptors (Lipinski definition) is 6. The molecule has 1 rings (SSSR count). The van der Waals surface area contributed by atoms with E-state index >= 15 is 0 Å². The third kappa shape index (κ3) is 7.00. The van der Waals surface area contributed by atoms with Crippen LogP contribution in [0.2, 0.25) is 0 Å². The number of methoxy groups -OCH3 is 1. The zero-order valence-electron chi connectivity index (χ0n) is 11.7. The molecule has 0 aliphatic heterocycles. The van der Waals surface area contributed by atoms with E-state index in [1.165, 1.54) is 0 Å². The molecular formula is C12H23N3O2S. The van der Waals surface area contributed by atoms with Crippen molar-refractivity contribution in [3.8, 4) is 0 Å². The highest BCUT2D eigenvalue weighted by molar-refractivity contribution is 7.11. The predicted molar refractivity (Wildman–Crippen MR) is 72.9 cm³/mol. The normalized spacial score (nSPS) is 12.0. The Balaban J connectivity index is 2.22. The maximum Gasteiger partial charge on any atom is 0.143 e. The molecule has 1 N–H and O–H groups in total. The Kier molecular flexibility index (Phi) is 6.70. The second-order valence-electron chi connectivity index (χ2n) is 4.98. The lowest BCUT2D eigenvalue weighted by atomic mass is 10.2. The molecule has 0 unspecified atom stereocenters. The van der Waals surface area contributed by atoms with Crippen LogP contribution in [0.25, 0.3) is 0 Å². The minimum atomic E-state index is -0.131. The van der Waals surface area contributed by atoms with Crippen molar-refractivity contribution in [2.75, 3.05) is 26.8 Å². The molecule has 0 fully saturated rings. The van der Waals surface area contributed by atoms with Crippen LogP contribution in [0.4, 0.5) is 0 Å². The van der Waals surface area contributed by atoms with Gasteiger partial charge in [-0.1, -0.05) is 11.3 Å². The van der Waals surface area contributed by atoms with Crippen LogP contribution >= 0.6 is 11.3 Å². The summed E-state index contributed by atoms with van der Waals surface area (Å²) in [5, 5.41) is 13.6. The number of ether oxygens (including phenoxy) is 2. The Bertz CT molecular complexity index is 336. The van der Waals surface area contributed by atoms with Crippen molar-refractivity contribution in [1.82, 2.24) is 15.5 Å². The monoisotopic (exact) mass is 273 g/mol. The summed E-state index contributed by atoms with van der Waals surface area (Å²) in [7, 11) is 1.70. The van der Waals surface area contributed by atoms with E-state index in [0.29, 0.717) is 6.61 Å². The summed E-state index contributed by atoms with van der Waals surface area (Å²) < 4.78 is 10.6. The van der Waals surface area contributed by atoms with Crippen LogP contribution in [0, 0.1) is 0 Å². The molecule has 0 saturated carbocycles. The molecule has 0 aliphatic rings. The number of hydrogen-bond donors (Lipinski definition) is 1. The molecule has 0 bridgehead atoms. The minimum Gasteiger partial charge on any atom is -0.383 e. The van der Waals surface area contributed by atoms with Gasteiger partial charge in [0.2, 0.25) is 0 Å². The highest BCUT2D eigenvalue weighted by atomic mass is 32.1. The van der Waals surface area contributed by atoms with Gasteiger partial charge in [0.25, 0.3) is 0 Å². The first-order chi connectivity index (χ1) is 8.51. The van der Waals surface area contributed by atoms with Gasteiger partial charge in [-0.2, -0.15) is 0 Å². The van der Waals surface area contributed by atoms with Gasteiger partial charge in [-0.15, -0.1) is 10.2 Å². The number of nitrogens with zero attached hydrogens (tertiary/aromatic N) is 2. The predicted octanol–water partition coefficient (Wildman–Crippen LogP) is 1.63.